The van der Waals surface area contributed by atoms with Crippen molar-refractivity contribution >= 4 is 11.8 Å². The largest absolute Gasteiger partial charge is 0.313 e. The van der Waals surface area contributed by atoms with Gasteiger partial charge in [-0.25, -0.2) is 0 Å². The minimum Gasteiger partial charge on any atom is -0.313 e. The van der Waals surface area contributed by atoms with Crippen LogP contribution >= 0.6 is 11.8 Å². The monoisotopic (exact) mass is 283 g/mol. The number of rotatable bonds is 5. The number of fused-ring (bicyclic) bond motifs is 1. The molecule has 2 aromatic rings. The molecular formula is C18H21NS. The molecule has 1 aliphatic rings. The minimum atomic E-state index is 0.541. The van der Waals surface area contributed by atoms with E-state index < -0.39 is 0 Å². The van der Waals surface area contributed by atoms with Crippen LogP contribution in [-0.4, -0.2) is 17.8 Å². The van der Waals surface area contributed by atoms with Crippen molar-refractivity contribution in [2.45, 2.75) is 36.0 Å². The van der Waals surface area contributed by atoms with Crippen LogP contribution in [0.15, 0.2) is 59.5 Å². The molecule has 2 unspecified atom stereocenters. The van der Waals surface area contributed by atoms with Crippen molar-refractivity contribution in [1.29, 1.82) is 0 Å². The van der Waals surface area contributed by atoms with Gasteiger partial charge in [-0.1, -0.05) is 55.5 Å². The van der Waals surface area contributed by atoms with Gasteiger partial charge in [0, 0.05) is 16.2 Å². The molecule has 0 fully saturated rings. The quantitative estimate of drug-likeness (QED) is 0.892. The fourth-order valence-corrected chi connectivity index (χ4v) is 4.30. The van der Waals surface area contributed by atoms with E-state index in [2.05, 4.69) is 66.8 Å². The van der Waals surface area contributed by atoms with Gasteiger partial charge >= 0.3 is 0 Å². The fourth-order valence-electron chi connectivity index (χ4n) is 2.90. The van der Waals surface area contributed by atoms with Crippen molar-refractivity contribution in [3.63, 3.8) is 0 Å². The van der Waals surface area contributed by atoms with Crippen LogP contribution in [0.4, 0.5) is 0 Å². The van der Waals surface area contributed by atoms with Gasteiger partial charge in [0.05, 0.1) is 0 Å². The SMILES string of the molecule is CCNC(Cc1ccccc1)C1Cc2ccccc2S1. The van der Waals surface area contributed by atoms with Crippen LogP contribution in [0.2, 0.25) is 0 Å². The molecule has 2 heteroatoms. The lowest BCUT2D eigenvalue weighted by atomic mass is 9.99. The summed E-state index contributed by atoms with van der Waals surface area (Å²) in [6.07, 6.45) is 2.30. The van der Waals surface area contributed by atoms with Gasteiger partial charge in [0.2, 0.25) is 0 Å². The molecule has 0 aliphatic carbocycles. The molecule has 2 aromatic carbocycles. The molecule has 1 aliphatic heterocycles. The van der Waals surface area contributed by atoms with E-state index in [4.69, 9.17) is 0 Å². The molecule has 1 N–H and O–H groups in total. The van der Waals surface area contributed by atoms with Crippen LogP contribution in [0.25, 0.3) is 0 Å². The Balaban J connectivity index is 1.72. The van der Waals surface area contributed by atoms with E-state index in [0.717, 1.165) is 13.0 Å². The first-order valence-corrected chi connectivity index (χ1v) is 8.26. The van der Waals surface area contributed by atoms with E-state index in [-0.39, 0.29) is 0 Å². The van der Waals surface area contributed by atoms with Gasteiger partial charge < -0.3 is 5.32 Å². The van der Waals surface area contributed by atoms with Crippen molar-refractivity contribution in [3.8, 4) is 0 Å². The maximum atomic E-state index is 3.69. The molecule has 20 heavy (non-hydrogen) atoms. The molecule has 1 heterocycles. The summed E-state index contributed by atoms with van der Waals surface area (Å²) in [6.45, 7) is 3.23. The maximum absolute atomic E-state index is 3.69. The highest BCUT2D eigenvalue weighted by atomic mass is 32.2. The third-order valence-electron chi connectivity index (χ3n) is 3.89. The van der Waals surface area contributed by atoms with Crippen LogP contribution in [0, 0.1) is 0 Å². The second kappa shape index (κ2) is 6.47. The van der Waals surface area contributed by atoms with E-state index in [1.165, 1.54) is 22.4 Å². The molecule has 0 bridgehead atoms. The van der Waals surface area contributed by atoms with Crippen LogP contribution in [0.3, 0.4) is 0 Å². The molecule has 0 saturated carbocycles. The Bertz CT molecular complexity index is 527. The number of likely N-dealkylation sites (N-methyl/N-ethyl adjacent to an activating group) is 1. The summed E-state index contributed by atoms with van der Waals surface area (Å²) in [6, 6.07) is 20.2. The summed E-state index contributed by atoms with van der Waals surface area (Å²) in [5, 5.41) is 4.33. The molecule has 0 amide bonds. The van der Waals surface area contributed by atoms with Crippen molar-refractivity contribution in [2.75, 3.05) is 6.54 Å². The first kappa shape index (κ1) is 13.7. The van der Waals surface area contributed by atoms with Gasteiger partial charge in [0.1, 0.15) is 0 Å². The van der Waals surface area contributed by atoms with Gasteiger partial charge in [0.15, 0.2) is 0 Å². The van der Waals surface area contributed by atoms with Crippen LogP contribution < -0.4 is 5.32 Å². The molecule has 2 atom stereocenters. The zero-order valence-electron chi connectivity index (χ0n) is 11.9. The Hall–Kier alpha value is -1.25. The first-order chi connectivity index (χ1) is 9.86. The molecular weight excluding hydrogens is 262 g/mol. The van der Waals surface area contributed by atoms with Crippen molar-refractivity contribution in [3.05, 3.63) is 65.7 Å². The Morgan fingerprint density at radius 2 is 1.85 bits per heavy atom. The topological polar surface area (TPSA) is 12.0 Å². The summed E-state index contributed by atoms with van der Waals surface area (Å²) < 4.78 is 0. The number of nitrogens with one attached hydrogen (secondary N) is 1. The predicted molar refractivity (Wildman–Crippen MR) is 87.4 cm³/mol. The van der Waals surface area contributed by atoms with Gasteiger partial charge in [-0.15, -0.1) is 11.8 Å². The predicted octanol–water partition coefficient (Wildman–Crippen LogP) is 3.92. The molecule has 3 rings (SSSR count). The van der Waals surface area contributed by atoms with Crippen molar-refractivity contribution in [2.24, 2.45) is 0 Å². The molecule has 0 radical (unpaired) electrons. The maximum Gasteiger partial charge on any atom is 0.0292 e. The lowest BCUT2D eigenvalue weighted by Gasteiger charge is -2.23. The average Bonchev–Trinajstić information content (AvgIpc) is 2.92. The molecule has 0 saturated heterocycles. The fraction of sp³-hybridized carbons (Fsp3) is 0.333. The van der Waals surface area contributed by atoms with Crippen LogP contribution in [0.1, 0.15) is 18.1 Å². The van der Waals surface area contributed by atoms with Gasteiger partial charge in [-0.3, -0.25) is 0 Å². The Morgan fingerprint density at radius 1 is 1.10 bits per heavy atom. The Labute approximate surface area is 125 Å². The van der Waals surface area contributed by atoms with E-state index in [1.54, 1.807) is 0 Å². The van der Waals surface area contributed by atoms with Crippen molar-refractivity contribution in [1.82, 2.24) is 5.32 Å². The first-order valence-electron chi connectivity index (χ1n) is 7.38. The summed E-state index contributed by atoms with van der Waals surface area (Å²) in [5.41, 5.74) is 2.94. The van der Waals surface area contributed by atoms with Gasteiger partial charge in [-0.2, -0.15) is 0 Å². The molecule has 0 aromatic heterocycles. The lowest BCUT2D eigenvalue weighted by Crippen LogP contribution is -2.39. The number of benzene rings is 2. The highest BCUT2D eigenvalue weighted by molar-refractivity contribution is 8.00. The summed E-state index contributed by atoms with van der Waals surface area (Å²) in [4.78, 5) is 1.47. The average molecular weight is 283 g/mol. The number of hydrogen-bond donors (Lipinski definition) is 1. The van der Waals surface area contributed by atoms with Gasteiger partial charge in [0.25, 0.3) is 0 Å². The summed E-state index contributed by atoms with van der Waals surface area (Å²) in [7, 11) is 0. The third-order valence-corrected chi connectivity index (χ3v) is 5.34. The number of hydrogen-bond acceptors (Lipinski definition) is 2. The summed E-state index contributed by atoms with van der Waals surface area (Å²) >= 11 is 2.04. The second-order valence-corrected chi connectivity index (χ2v) is 6.60. The summed E-state index contributed by atoms with van der Waals surface area (Å²) in [5.74, 6) is 0. The van der Waals surface area contributed by atoms with Crippen LogP contribution in [-0.2, 0) is 12.8 Å². The molecule has 104 valence electrons. The van der Waals surface area contributed by atoms with E-state index in [9.17, 15) is 0 Å². The highest BCUT2D eigenvalue weighted by Crippen LogP contribution is 2.38. The Kier molecular flexibility index (Phi) is 4.44. The lowest BCUT2D eigenvalue weighted by molar-refractivity contribution is 0.506. The van der Waals surface area contributed by atoms with Crippen molar-refractivity contribution < 1.29 is 0 Å². The molecule has 0 spiro atoms. The number of thioether (sulfide) groups is 1. The zero-order valence-corrected chi connectivity index (χ0v) is 12.7. The highest BCUT2D eigenvalue weighted by Gasteiger charge is 2.28. The molecule has 1 nitrogen and oxygen atoms in total. The van der Waals surface area contributed by atoms with Crippen LogP contribution in [0.5, 0.6) is 0 Å². The normalized spacial score (nSPS) is 18.8. The third kappa shape index (κ3) is 3.08. The standard InChI is InChI=1S/C18H21NS/c1-2-19-16(12-14-8-4-3-5-9-14)18-13-15-10-6-7-11-17(15)20-18/h3-11,16,18-19H,2,12-13H2,1H3. The van der Waals surface area contributed by atoms with Gasteiger partial charge in [-0.05, 0) is 36.6 Å². The van der Waals surface area contributed by atoms with E-state index in [1.807, 2.05) is 11.8 Å². The minimum absolute atomic E-state index is 0.541. The second-order valence-electron chi connectivity index (χ2n) is 5.32. The zero-order chi connectivity index (χ0) is 13.8. The smallest absolute Gasteiger partial charge is 0.0292 e. The Morgan fingerprint density at radius 3 is 2.60 bits per heavy atom. The van der Waals surface area contributed by atoms with E-state index >= 15 is 0 Å². The van der Waals surface area contributed by atoms with E-state index in [0.29, 0.717) is 11.3 Å².